The van der Waals surface area contributed by atoms with Crippen molar-refractivity contribution < 1.29 is 15.0 Å². The first-order chi connectivity index (χ1) is 16.2. The fourth-order valence-corrected chi connectivity index (χ4v) is 5.70. The van der Waals surface area contributed by atoms with Gasteiger partial charge in [0.25, 0.3) is 0 Å². The number of nitrogens with two attached hydrogens (primary N) is 1. The average Bonchev–Trinajstić information content (AvgIpc) is 2.79. The smallest absolute Gasteiger partial charge is 0.339 e. The molecule has 1 aromatic rings. The van der Waals surface area contributed by atoms with E-state index in [1.165, 1.54) is 44.6 Å². The van der Waals surface area contributed by atoms with E-state index >= 15 is 0 Å². The minimum Gasteiger partial charge on any atom is -0.507 e. The number of unbranched alkanes of at least 4 members (excludes halogenated alkanes) is 2. The number of hydrogen-bond acceptors (Lipinski definition) is 5. The summed E-state index contributed by atoms with van der Waals surface area (Å²) in [5.41, 5.74) is 6.97. The van der Waals surface area contributed by atoms with E-state index in [2.05, 4.69) is 44.4 Å². The third-order valence-corrected chi connectivity index (χ3v) is 7.62. The first kappa shape index (κ1) is 28.6. The Labute approximate surface area is 207 Å². The predicted octanol–water partition coefficient (Wildman–Crippen LogP) is 5.86. The van der Waals surface area contributed by atoms with Crippen LogP contribution in [0, 0.1) is 11.8 Å². The standard InChI is InChI=1S/C28H49N3O3/c1-6-10-13-21(8-3)17-30-19-28(5,29)26(23-15-12-16-24(25(23)32)27(33)34)31(20-30)18-22(9-4)14-11-7-2/h12,15-16,21-22,26,32H,6-11,13-14,17-20,29H2,1-5H3,(H,33,34). The Morgan fingerprint density at radius 2 is 1.68 bits per heavy atom. The van der Waals surface area contributed by atoms with E-state index in [4.69, 9.17) is 5.73 Å². The third kappa shape index (κ3) is 7.43. The van der Waals surface area contributed by atoms with Crippen LogP contribution in [0.25, 0.3) is 0 Å². The molecule has 2 rings (SSSR count). The summed E-state index contributed by atoms with van der Waals surface area (Å²) >= 11 is 0. The number of carboxylic acid groups (broad SMARTS) is 1. The molecule has 0 bridgehead atoms. The summed E-state index contributed by atoms with van der Waals surface area (Å²) in [6, 6.07) is 4.80. The quantitative estimate of drug-likeness (QED) is 0.312. The number of rotatable bonds is 14. The summed E-state index contributed by atoms with van der Waals surface area (Å²) in [5.74, 6) is -0.0608. The summed E-state index contributed by atoms with van der Waals surface area (Å²) in [4.78, 5) is 16.6. The number of hydrogen-bond donors (Lipinski definition) is 3. The second-order valence-electron chi connectivity index (χ2n) is 10.7. The van der Waals surface area contributed by atoms with Crippen LogP contribution in [-0.2, 0) is 0 Å². The molecule has 0 aliphatic carbocycles. The Bertz CT molecular complexity index is 767. The zero-order valence-electron chi connectivity index (χ0n) is 22.2. The van der Waals surface area contributed by atoms with E-state index in [1.54, 1.807) is 6.07 Å². The number of aromatic hydroxyl groups is 1. The second kappa shape index (κ2) is 13.5. The van der Waals surface area contributed by atoms with E-state index < -0.39 is 11.5 Å². The lowest BCUT2D eigenvalue weighted by molar-refractivity contribution is -0.0305. The van der Waals surface area contributed by atoms with Gasteiger partial charge in [-0.2, -0.15) is 0 Å². The summed E-state index contributed by atoms with van der Waals surface area (Å²) in [6.07, 6.45) is 9.53. The van der Waals surface area contributed by atoms with Crippen LogP contribution in [0.4, 0.5) is 0 Å². The van der Waals surface area contributed by atoms with Gasteiger partial charge in [0.2, 0.25) is 0 Å². The number of carbonyl (C=O) groups is 1. The minimum absolute atomic E-state index is 0.0562. The Hall–Kier alpha value is -1.63. The van der Waals surface area contributed by atoms with Gasteiger partial charge in [0.1, 0.15) is 11.3 Å². The SMILES string of the molecule is CCCCC(CC)CN1CN(CC(CC)CCCC)C(c2cccc(C(=O)O)c2O)C(C)(N)C1. The molecule has 1 aliphatic heterocycles. The van der Waals surface area contributed by atoms with Crippen molar-refractivity contribution in [3.8, 4) is 5.75 Å². The highest BCUT2D eigenvalue weighted by Crippen LogP contribution is 2.41. The summed E-state index contributed by atoms with van der Waals surface area (Å²) in [6.45, 7) is 14.5. The summed E-state index contributed by atoms with van der Waals surface area (Å²) < 4.78 is 0. The number of para-hydroxylation sites is 1. The maximum absolute atomic E-state index is 11.7. The van der Waals surface area contributed by atoms with Gasteiger partial charge in [-0.3, -0.25) is 9.80 Å². The Kier molecular flexibility index (Phi) is 11.3. The molecular formula is C28H49N3O3. The van der Waals surface area contributed by atoms with E-state index in [-0.39, 0.29) is 17.4 Å². The molecule has 4 N–H and O–H groups in total. The molecule has 0 saturated carbocycles. The van der Waals surface area contributed by atoms with Crippen LogP contribution in [0.5, 0.6) is 5.75 Å². The molecule has 6 heteroatoms. The maximum atomic E-state index is 11.7. The van der Waals surface area contributed by atoms with Crippen molar-refractivity contribution in [2.75, 3.05) is 26.3 Å². The molecular weight excluding hydrogens is 426 g/mol. The molecule has 1 fully saturated rings. The van der Waals surface area contributed by atoms with Crippen LogP contribution >= 0.6 is 0 Å². The lowest BCUT2D eigenvalue weighted by atomic mass is 9.82. The second-order valence-corrected chi connectivity index (χ2v) is 10.7. The predicted molar refractivity (Wildman–Crippen MR) is 140 cm³/mol. The first-order valence-corrected chi connectivity index (χ1v) is 13.5. The highest BCUT2D eigenvalue weighted by atomic mass is 16.4. The number of aromatic carboxylic acids is 1. The monoisotopic (exact) mass is 475 g/mol. The van der Waals surface area contributed by atoms with Gasteiger partial charge in [0, 0.05) is 30.7 Å². The molecule has 4 atom stereocenters. The highest BCUT2D eigenvalue weighted by molar-refractivity contribution is 5.91. The van der Waals surface area contributed by atoms with E-state index in [1.807, 2.05) is 6.07 Å². The lowest BCUT2D eigenvalue weighted by Crippen LogP contribution is -2.65. The van der Waals surface area contributed by atoms with Gasteiger partial charge in [0.05, 0.1) is 12.7 Å². The number of benzene rings is 1. The van der Waals surface area contributed by atoms with E-state index in [0.717, 1.165) is 39.1 Å². The van der Waals surface area contributed by atoms with Crippen molar-refractivity contribution in [3.05, 3.63) is 29.3 Å². The van der Waals surface area contributed by atoms with Gasteiger partial charge in [-0.25, -0.2) is 4.79 Å². The first-order valence-electron chi connectivity index (χ1n) is 13.5. The zero-order chi connectivity index (χ0) is 25.3. The van der Waals surface area contributed by atoms with Crippen LogP contribution < -0.4 is 5.73 Å². The van der Waals surface area contributed by atoms with Crippen molar-refractivity contribution in [1.29, 1.82) is 0 Å². The largest absolute Gasteiger partial charge is 0.507 e. The van der Waals surface area contributed by atoms with Gasteiger partial charge in [-0.1, -0.05) is 78.4 Å². The molecule has 0 spiro atoms. The molecule has 1 saturated heterocycles. The fraction of sp³-hybridized carbons (Fsp3) is 0.750. The Balaban J connectivity index is 2.40. The van der Waals surface area contributed by atoms with Gasteiger partial charge in [-0.15, -0.1) is 0 Å². The van der Waals surface area contributed by atoms with Gasteiger partial charge < -0.3 is 15.9 Å². The normalized spacial score (nSPS) is 23.6. The molecule has 194 valence electrons. The highest BCUT2D eigenvalue weighted by Gasteiger charge is 2.44. The van der Waals surface area contributed by atoms with E-state index in [9.17, 15) is 15.0 Å². The summed E-state index contributed by atoms with van der Waals surface area (Å²) in [5, 5.41) is 20.6. The van der Waals surface area contributed by atoms with Crippen molar-refractivity contribution in [1.82, 2.24) is 9.80 Å². The van der Waals surface area contributed by atoms with Crippen LogP contribution in [0.1, 0.15) is 108 Å². The van der Waals surface area contributed by atoms with Crippen LogP contribution in [0.2, 0.25) is 0 Å². The fourth-order valence-electron chi connectivity index (χ4n) is 5.70. The van der Waals surface area contributed by atoms with Gasteiger partial charge >= 0.3 is 5.97 Å². The van der Waals surface area contributed by atoms with Gasteiger partial charge in [0.15, 0.2) is 0 Å². The molecule has 6 nitrogen and oxygen atoms in total. The van der Waals surface area contributed by atoms with Crippen LogP contribution in [0.3, 0.4) is 0 Å². The van der Waals surface area contributed by atoms with E-state index in [0.29, 0.717) is 17.4 Å². The molecule has 1 aromatic carbocycles. The minimum atomic E-state index is -1.11. The Morgan fingerprint density at radius 3 is 2.21 bits per heavy atom. The van der Waals surface area contributed by atoms with Crippen LogP contribution in [0.15, 0.2) is 18.2 Å². The number of phenols is 1. The topological polar surface area (TPSA) is 90.0 Å². The molecule has 0 aromatic heterocycles. The zero-order valence-corrected chi connectivity index (χ0v) is 22.2. The van der Waals surface area contributed by atoms with Crippen LogP contribution in [-0.4, -0.2) is 57.8 Å². The molecule has 0 radical (unpaired) electrons. The third-order valence-electron chi connectivity index (χ3n) is 7.62. The molecule has 0 amide bonds. The number of carboxylic acids is 1. The number of nitrogens with zero attached hydrogens (tertiary/aromatic N) is 2. The Morgan fingerprint density at radius 1 is 1.09 bits per heavy atom. The van der Waals surface area contributed by atoms with Crippen molar-refractivity contribution in [2.24, 2.45) is 17.6 Å². The maximum Gasteiger partial charge on any atom is 0.339 e. The lowest BCUT2D eigenvalue weighted by Gasteiger charge is -2.52. The van der Waals surface area contributed by atoms with Crippen molar-refractivity contribution in [3.63, 3.8) is 0 Å². The van der Waals surface area contributed by atoms with Crippen molar-refractivity contribution in [2.45, 2.75) is 97.6 Å². The molecule has 1 heterocycles. The average molecular weight is 476 g/mol. The molecule has 34 heavy (non-hydrogen) atoms. The molecule has 4 unspecified atom stereocenters. The van der Waals surface area contributed by atoms with Gasteiger partial charge in [-0.05, 0) is 37.7 Å². The van der Waals surface area contributed by atoms with Crippen molar-refractivity contribution >= 4 is 5.97 Å². The summed E-state index contributed by atoms with van der Waals surface area (Å²) in [7, 11) is 0. The molecule has 1 aliphatic rings.